The molecule has 13 nitrogen and oxygen atoms in total. The zero-order chi connectivity index (χ0) is 26.0. The molecule has 0 aromatic carbocycles. The average molecular weight is 482 g/mol. The third kappa shape index (κ3) is 9.57. The predicted molar refractivity (Wildman–Crippen MR) is 122 cm³/mol. The van der Waals surface area contributed by atoms with E-state index < -0.39 is 66.1 Å². The Bertz CT molecular complexity index is 856. The highest BCUT2D eigenvalue weighted by molar-refractivity contribution is 5.95. The number of carboxylic acids is 1. The van der Waals surface area contributed by atoms with Crippen molar-refractivity contribution in [2.45, 2.75) is 71.1 Å². The predicted octanol–water partition coefficient (Wildman–Crippen LogP) is -1.60. The minimum absolute atomic E-state index is 0.00159. The second kappa shape index (κ2) is 13.3. The highest BCUT2D eigenvalue weighted by atomic mass is 16.4. The first-order valence-corrected chi connectivity index (χ1v) is 11.0. The van der Waals surface area contributed by atoms with Crippen LogP contribution in [0.1, 0.15) is 46.2 Å². The molecule has 0 fully saturated rings. The van der Waals surface area contributed by atoms with E-state index >= 15 is 0 Å². The summed E-state index contributed by atoms with van der Waals surface area (Å²) in [7, 11) is 0. The first-order valence-electron chi connectivity index (χ1n) is 11.0. The summed E-state index contributed by atoms with van der Waals surface area (Å²) in [6, 6.07) is -4.60. The van der Waals surface area contributed by atoms with Gasteiger partial charge in [0.1, 0.15) is 18.1 Å². The van der Waals surface area contributed by atoms with Gasteiger partial charge in [-0.1, -0.05) is 27.7 Å². The SMILES string of the molecule is CC(C)CC(NC(=O)C(NC(=O)C(Cc1cnc[nH]1)NC(=O)C(N)CC(N)=O)C(C)C)C(=O)O. The molecule has 4 atom stereocenters. The van der Waals surface area contributed by atoms with Gasteiger partial charge < -0.3 is 37.5 Å². The topological polar surface area (TPSA) is 222 Å². The maximum Gasteiger partial charge on any atom is 0.326 e. The summed E-state index contributed by atoms with van der Waals surface area (Å²) in [5, 5.41) is 16.9. The number of carbonyl (C=O) groups is 5. The molecule has 9 N–H and O–H groups in total. The molecule has 1 rings (SSSR count). The lowest BCUT2D eigenvalue weighted by Gasteiger charge is -2.27. The number of carbonyl (C=O) groups excluding carboxylic acids is 4. The van der Waals surface area contributed by atoms with Crippen LogP contribution in [-0.2, 0) is 30.4 Å². The maximum atomic E-state index is 13.1. The summed E-state index contributed by atoms with van der Waals surface area (Å²) in [4.78, 5) is 67.6. The van der Waals surface area contributed by atoms with Crippen LogP contribution >= 0.6 is 0 Å². The Morgan fingerprint density at radius 1 is 1.00 bits per heavy atom. The fourth-order valence-corrected chi connectivity index (χ4v) is 3.16. The van der Waals surface area contributed by atoms with Crippen molar-refractivity contribution in [1.82, 2.24) is 25.9 Å². The number of carboxylic acid groups (broad SMARTS) is 1. The zero-order valence-electron chi connectivity index (χ0n) is 19.8. The number of imidazole rings is 1. The molecule has 0 saturated heterocycles. The van der Waals surface area contributed by atoms with Gasteiger partial charge in [-0.15, -0.1) is 0 Å². The van der Waals surface area contributed by atoms with E-state index in [2.05, 4.69) is 25.9 Å². The number of H-pyrrole nitrogens is 1. The monoisotopic (exact) mass is 481 g/mol. The van der Waals surface area contributed by atoms with E-state index in [9.17, 15) is 29.1 Å². The number of primary amides is 1. The van der Waals surface area contributed by atoms with Crippen molar-refractivity contribution in [3.63, 3.8) is 0 Å². The molecule has 0 bridgehead atoms. The fraction of sp³-hybridized carbons (Fsp3) is 0.619. The number of hydrogen-bond acceptors (Lipinski definition) is 7. The first kappa shape index (κ1) is 28.6. The number of rotatable bonds is 14. The van der Waals surface area contributed by atoms with Crippen LogP contribution < -0.4 is 27.4 Å². The molecular weight excluding hydrogens is 446 g/mol. The lowest BCUT2D eigenvalue weighted by Crippen LogP contribution is -2.59. The normalized spacial score (nSPS) is 14.7. The molecule has 34 heavy (non-hydrogen) atoms. The number of aromatic nitrogens is 2. The largest absolute Gasteiger partial charge is 0.480 e. The van der Waals surface area contributed by atoms with Crippen molar-refractivity contribution >= 4 is 29.6 Å². The Kier molecular flexibility index (Phi) is 11.2. The number of aromatic amines is 1. The number of amides is 4. The number of nitrogens with two attached hydrogens (primary N) is 2. The molecule has 0 radical (unpaired) electrons. The molecular formula is C21H35N7O6. The van der Waals surface area contributed by atoms with Crippen LogP contribution in [-0.4, -0.2) is 68.8 Å². The van der Waals surface area contributed by atoms with Gasteiger partial charge in [0, 0.05) is 18.3 Å². The van der Waals surface area contributed by atoms with E-state index in [0.717, 1.165) is 0 Å². The van der Waals surface area contributed by atoms with Crippen molar-refractivity contribution in [1.29, 1.82) is 0 Å². The molecule has 1 heterocycles. The minimum atomic E-state index is -1.26. The van der Waals surface area contributed by atoms with E-state index in [1.165, 1.54) is 12.5 Å². The fourth-order valence-electron chi connectivity index (χ4n) is 3.16. The molecule has 1 aromatic rings. The Balaban J connectivity index is 3.02. The molecule has 0 aliphatic heterocycles. The first-order chi connectivity index (χ1) is 15.8. The molecule has 0 aliphatic carbocycles. The standard InChI is InChI=1S/C21H35N7O6/c1-10(2)5-15(21(33)34)27-20(32)17(11(3)4)28-19(31)14(6-12-8-24-9-25-12)26-18(30)13(22)7-16(23)29/h8-11,13-15,17H,5-7,22H2,1-4H3,(H2,23,29)(H,24,25)(H,26,30)(H,27,32)(H,28,31)(H,33,34). The van der Waals surface area contributed by atoms with E-state index in [4.69, 9.17) is 11.5 Å². The molecule has 4 amide bonds. The molecule has 1 aromatic heterocycles. The second-order valence-electron chi connectivity index (χ2n) is 8.88. The molecule has 0 spiro atoms. The van der Waals surface area contributed by atoms with Crippen LogP contribution in [0.2, 0.25) is 0 Å². The van der Waals surface area contributed by atoms with Crippen molar-refractivity contribution in [2.75, 3.05) is 0 Å². The van der Waals surface area contributed by atoms with Gasteiger partial charge >= 0.3 is 5.97 Å². The minimum Gasteiger partial charge on any atom is -0.480 e. The Morgan fingerprint density at radius 2 is 1.62 bits per heavy atom. The van der Waals surface area contributed by atoms with E-state index in [1.54, 1.807) is 13.8 Å². The van der Waals surface area contributed by atoms with E-state index in [1.807, 2.05) is 13.8 Å². The highest BCUT2D eigenvalue weighted by Crippen LogP contribution is 2.09. The van der Waals surface area contributed by atoms with Crippen molar-refractivity contribution < 1.29 is 29.1 Å². The zero-order valence-corrected chi connectivity index (χ0v) is 19.8. The van der Waals surface area contributed by atoms with Crippen molar-refractivity contribution in [3.05, 3.63) is 18.2 Å². The van der Waals surface area contributed by atoms with Gasteiger partial charge in [-0.2, -0.15) is 0 Å². The van der Waals surface area contributed by atoms with Crippen LogP contribution in [0.3, 0.4) is 0 Å². The smallest absolute Gasteiger partial charge is 0.326 e. The number of nitrogens with one attached hydrogen (secondary N) is 4. The van der Waals surface area contributed by atoms with Crippen LogP contribution in [0.4, 0.5) is 0 Å². The number of hydrogen-bond donors (Lipinski definition) is 7. The van der Waals surface area contributed by atoms with Crippen molar-refractivity contribution in [3.8, 4) is 0 Å². The van der Waals surface area contributed by atoms with Gasteiger partial charge in [-0.25, -0.2) is 9.78 Å². The summed E-state index contributed by atoms with van der Waals surface area (Å²) >= 11 is 0. The highest BCUT2D eigenvalue weighted by Gasteiger charge is 2.32. The van der Waals surface area contributed by atoms with E-state index in [0.29, 0.717) is 5.69 Å². The van der Waals surface area contributed by atoms with Crippen LogP contribution in [0.15, 0.2) is 12.5 Å². The van der Waals surface area contributed by atoms with Crippen LogP contribution in [0, 0.1) is 11.8 Å². The van der Waals surface area contributed by atoms with Gasteiger partial charge in [0.2, 0.25) is 23.6 Å². The number of nitrogens with zero attached hydrogens (tertiary/aromatic N) is 1. The van der Waals surface area contributed by atoms with Gasteiger partial charge in [0.05, 0.1) is 18.8 Å². The van der Waals surface area contributed by atoms with Gasteiger partial charge in [0.15, 0.2) is 0 Å². The number of aliphatic carboxylic acids is 1. The van der Waals surface area contributed by atoms with Crippen LogP contribution in [0.5, 0.6) is 0 Å². The molecule has 0 saturated carbocycles. The third-order valence-corrected chi connectivity index (χ3v) is 4.94. The van der Waals surface area contributed by atoms with Crippen molar-refractivity contribution in [2.24, 2.45) is 23.3 Å². The van der Waals surface area contributed by atoms with Gasteiger partial charge in [-0.3, -0.25) is 19.2 Å². The van der Waals surface area contributed by atoms with E-state index in [-0.39, 0.29) is 18.8 Å². The van der Waals surface area contributed by atoms with Crippen LogP contribution in [0.25, 0.3) is 0 Å². The van der Waals surface area contributed by atoms with Gasteiger partial charge in [-0.05, 0) is 18.3 Å². The second-order valence-corrected chi connectivity index (χ2v) is 8.88. The van der Waals surface area contributed by atoms with Gasteiger partial charge in [0.25, 0.3) is 0 Å². The molecule has 0 aliphatic rings. The molecule has 13 heteroatoms. The summed E-state index contributed by atoms with van der Waals surface area (Å²) in [5.74, 6) is -4.45. The molecule has 4 unspecified atom stereocenters. The quantitative estimate of drug-likeness (QED) is 0.163. The Labute approximate surface area is 197 Å². The summed E-state index contributed by atoms with van der Waals surface area (Å²) in [6.45, 7) is 7.03. The third-order valence-electron chi connectivity index (χ3n) is 4.94. The Hall–Kier alpha value is -3.48. The average Bonchev–Trinajstić information content (AvgIpc) is 3.22. The summed E-state index contributed by atoms with van der Waals surface area (Å²) in [6.07, 6.45) is 2.67. The summed E-state index contributed by atoms with van der Waals surface area (Å²) < 4.78 is 0. The summed E-state index contributed by atoms with van der Waals surface area (Å²) in [5.41, 5.74) is 11.3. The molecule has 190 valence electrons. The lowest BCUT2D eigenvalue weighted by atomic mass is 9.99. The Morgan fingerprint density at radius 3 is 2.09 bits per heavy atom. The maximum absolute atomic E-state index is 13.1. The lowest BCUT2D eigenvalue weighted by molar-refractivity contribution is -0.143.